The Balaban J connectivity index is 1.90. The first-order valence-corrected chi connectivity index (χ1v) is 8.26. The summed E-state index contributed by atoms with van der Waals surface area (Å²) < 4.78 is 34.8. The summed E-state index contributed by atoms with van der Waals surface area (Å²) in [6, 6.07) is 8.82. The van der Waals surface area contributed by atoms with Gasteiger partial charge in [-0.05, 0) is 25.0 Å². The quantitative estimate of drug-likeness (QED) is 0.823. The lowest BCUT2D eigenvalue weighted by Crippen LogP contribution is -2.32. The predicted octanol–water partition coefficient (Wildman–Crippen LogP) is 1.53. The van der Waals surface area contributed by atoms with Crippen LogP contribution in [0.2, 0.25) is 0 Å². The van der Waals surface area contributed by atoms with Crippen molar-refractivity contribution in [2.75, 3.05) is 25.6 Å². The molecule has 2 rings (SSSR count). The second kappa shape index (κ2) is 6.73. The fraction of sp³-hybridized carbons (Fsp3) is 0.500. The number of para-hydroxylation sites is 1. The van der Waals surface area contributed by atoms with Crippen LogP contribution in [0.1, 0.15) is 18.4 Å². The Hall–Kier alpha value is -1.58. The van der Waals surface area contributed by atoms with E-state index in [2.05, 4.69) is 0 Å². The van der Waals surface area contributed by atoms with Crippen LogP contribution in [0, 0.1) is 11.3 Å². The highest BCUT2D eigenvalue weighted by molar-refractivity contribution is 7.92. The lowest BCUT2D eigenvalue weighted by atomic mass is 10.2. The third kappa shape index (κ3) is 3.71. The van der Waals surface area contributed by atoms with Gasteiger partial charge >= 0.3 is 0 Å². The van der Waals surface area contributed by atoms with Gasteiger partial charge in [0.25, 0.3) is 0 Å². The maximum Gasteiger partial charge on any atom is 0.156 e. The lowest BCUT2D eigenvalue weighted by molar-refractivity contribution is 0.0983. The van der Waals surface area contributed by atoms with E-state index in [1.165, 1.54) is 0 Å². The van der Waals surface area contributed by atoms with Gasteiger partial charge in [0.05, 0.1) is 16.6 Å². The Kier molecular flexibility index (Phi) is 4.99. The monoisotopic (exact) mass is 295 g/mol. The van der Waals surface area contributed by atoms with Crippen LogP contribution in [0.15, 0.2) is 24.3 Å². The molecule has 0 aliphatic carbocycles. The molecule has 1 aromatic rings. The van der Waals surface area contributed by atoms with Gasteiger partial charge in [0, 0.05) is 13.2 Å². The molecular weight excluding hydrogens is 278 g/mol. The fourth-order valence-electron chi connectivity index (χ4n) is 2.15. The standard InChI is InChI=1S/C14H17NO4S/c15-11-12-3-1-2-4-14(12)19-9-10-20(16,17)13-5-7-18-8-6-13/h1-4,13H,5-10H2. The van der Waals surface area contributed by atoms with Crippen LogP contribution in [0.4, 0.5) is 0 Å². The molecule has 0 N–H and O–H groups in total. The number of hydrogen-bond donors (Lipinski definition) is 0. The van der Waals surface area contributed by atoms with Gasteiger partial charge in [0.2, 0.25) is 0 Å². The molecule has 0 bridgehead atoms. The first-order chi connectivity index (χ1) is 9.63. The van der Waals surface area contributed by atoms with Crippen LogP contribution in [0.5, 0.6) is 5.75 Å². The van der Waals surface area contributed by atoms with E-state index in [1.54, 1.807) is 24.3 Å². The van der Waals surface area contributed by atoms with Crippen molar-refractivity contribution in [1.29, 1.82) is 5.26 Å². The summed E-state index contributed by atoms with van der Waals surface area (Å²) in [6.45, 7) is 1.07. The van der Waals surface area contributed by atoms with Crippen molar-refractivity contribution < 1.29 is 17.9 Å². The third-order valence-corrected chi connectivity index (χ3v) is 5.53. The van der Waals surface area contributed by atoms with Crippen molar-refractivity contribution in [2.45, 2.75) is 18.1 Å². The molecule has 1 aliphatic rings. The number of ether oxygens (including phenoxy) is 2. The number of rotatable bonds is 5. The van der Waals surface area contributed by atoms with Crippen molar-refractivity contribution in [3.05, 3.63) is 29.8 Å². The minimum absolute atomic E-state index is 0.0303. The molecule has 6 heteroatoms. The van der Waals surface area contributed by atoms with Gasteiger partial charge in [-0.1, -0.05) is 12.1 Å². The predicted molar refractivity (Wildman–Crippen MR) is 74.3 cm³/mol. The van der Waals surface area contributed by atoms with Gasteiger partial charge in [0.1, 0.15) is 18.4 Å². The third-order valence-electron chi connectivity index (χ3n) is 3.31. The Bertz CT molecular complexity index is 585. The van der Waals surface area contributed by atoms with E-state index in [9.17, 15) is 8.42 Å². The fourth-order valence-corrected chi connectivity index (χ4v) is 3.71. The summed E-state index contributed by atoms with van der Waals surface area (Å²) in [7, 11) is -3.16. The second-order valence-electron chi connectivity index (χ2n) is 4.64. The molecule has 1 heterocycles. The average Bonchev–Trinajstić information content (AvgIpc) is 2.48. The average molecular weight is 295 g/mol. The summed E-state index contributed by atoms with van der Waals surface area (Å²) in [5.74, 6) is 0.398. The maximum absolute atomic E-state index is 12.1. The highest BCUT2D eigenvalue weighted by atomic mass is 32.2. The molecule has 0 saturated carbocycles. The van der Waals surface area contributed by atoms with E-state index < -0.39 is 9.84 Å². The summed E-state index contributed by atoms with van der Waals surface area (Å²) in [5.41, 5.74) is 0.413. The molecule has 0 unspecified atom stereocenters. The van der Waals surface area contributed by atoms with E-state index >= 15 is 0 Å². The van der Waals surface area contributed by atoms with E-state index in [4.69, 9.17) is 14.7 Å². The van der Waals surface area contributed by atoms with Crippen molar-refractivity contribution in [1.82, 2.24) is 0 Å². The van der Waals surface area contributed by atoms with Gasteiger partial charge < -0.3 is 9.47 Å². The zero-order valence-corrected chi connectivity index (χ0v) is 11.9. The first-order valence-electron chi connectivity index (χ1n) is 6.55. The number of sulfone groups is 1. The second-order valence-corrected chi connectivity index (χ2v) is 7.04. The van der Waals surface area contributed by atoms with Gasteiger partial charge in [-0.15, -0.1) is 0 Å². The minimum atomic E-state index is -3.16. The Morgan fingerprint density at radius 2 is 2.00 bits per heavy atom. The van der Waals surface area contributed by atoms with Crippen LogP contribution in [0.3, 0.4) is 0 Å². The Morgan fingerprint density at radius 1 is 1.30 bits per heavy atom. The lowest BCUT2D eigenvalue weighted by Gasteiger charge is -2.22. The van der Waals surface area contributed by atoms with Crippen LogP contribution in [-0.4, -0.2) is 39.2 Å². The number of nitriles is 1. The molecule has 0 spiro atoms. The molecule has 1 aliphatic heterocycles. The van der Waals surface area contributed by atoms with Crippen LogP contribution < -0.4 is 4.74 Å². The van der Waals surface area contributed by atoms with Gasteiger partial charge in [-0.3, -0.25) is 0 Å². The van der Waals surface area contributed by atoms with E-state index in [-0.39, 0.29) is 17.6 Å². The summed E-state index contributed by atoms with van der Waals surface area (Å²) in [5, 5.41) is 8.59. The SMILES string of the molecule is N#Cc1ccccc1OCCS(=O)(=O)C1CCOCC1. The zero-order chi connectivity index (χ0) is 14.4. The van der Waals surface area contributed by atoms with E-state index in [0.717, 1.165) is 0 Å². The van der Waals surface area contributed by atoms with Crippen LogP contribution in [-0.2, 0) is 14.6 Å². The van der Waals surface area contributed by atoms with Crippen LogP contribution in [0.25, 0.3) is 0 Å². The topological polar surface area (TPSA) is 76.4 Å². The normalized spacial score (nSPS) is 16.6. The summed E-state index contributed by atoms with van der Waals surface area (Å²) in [6.07, 6.45) is 1.11. The molecule has 20 heavy (non-hydrogen) atoms. The molecule has 1 saturated heterocycles. The van der Waals surface area contributed by atoms with Gasteiger partial charge in [0.15, 0.2) is 9.84 Å². The molecule has 5 nitrogen and oxygen atoms in total. The molecule has 0 atom stereocenters. The van der Waals surface area contributed by atoms with Gasteiger partial charge in [-0.2, -0.15) is 5.26 Å². The molecule has 108 valence electrons. The van der Waals surface area contributed by atoms with E-state index in [0.29, 0.717) is 37.4 Å². The minimum Gasteiger partial charge on any atom is -0.491 e. The molecule has 1 aromatic carbocycles. The maximum atomic E-state index is 12.1. The highest BCUT2D eigenvalue weighted by Crippen LogP contribution is 2.19. The van der Waals surface area contributed by atoms with Gasteiger partial charge in [-0.25, -0.2) is 8.42 Å². The van der Waals surface area contributed by atoms with Crippen LogP contribution >= 0.6 is 0 Å². The molecular formula is C14H17NO4S. The van der Waals surface area contributed by atoms with Crippen molar-refractivity contribution in [3.63, 3.8) is 0 Å². The molecule has 0 aromatic heterocycles. The first kappa shape index (κ1) is 14.8. The molecule has 0 amide bonds. The highest BCUT2D eigenvalue weighted by Gasteiger charge is 2.27. The number of nitrogens with zero attached hydrogens (tertiary/aromatic N) is 1. The van der Waals surface area contributed by atoms with Crippen molar-refractivity contribution in [2.24, 2.45) is 0 Å². The van der Waals surface area contributed by atoms with E-state index in [1.807, 2.05) is 6.07 Å². The Labute approximate surface area is 119 Å². The van der Waals surface area contributed by atoms with Crippen molar-refractivity contribution >= 4 is 9.84 Å². The smallest absolute Gasteiger partial charge is 0.156 e. The molecule has 0 radical (unpaired) electrons. The summed E-state index contributed by atoms with van der Waals surface area (Å²) in [4.78, 5) is 0. The zero-order valence-electron chi connectivity index (χ0n) is 11.1. The number of hydrogen-bond acceptors (Lipinski definition) is 5. The van der Waals surface area contributed by atoms with Crippen molar-refractivity contribution in [3.8, 4) is 11.8 Å². The summed E-state index contributed by atoms with van der Waals surface area (Å²) >= 11 is 0. The molecule has 1 fully saturated rings. The Morgan fingerprint density at radius 3 is 2.70 bits per heavy atom. The number of benzene rings is 1. The largest absolute Gasteiger partial charge is 0.491 e.